The van der Waals surface area contributed by atoms with E-state index in [1.807, 2.05) is 0 Å². The molecule has 6 nitrogen and oxygen atoms in total. The quantitative estimate of drug-likeness (QED) is 0.568. The van der Waals surface area contributed by atoms with Crippen LogP contribution in [0.4, 0.5) is 18.0 Å². The number of likely N-dealkylation sites (tertiary alicyclic amines) is 1. The van der Waals surface area contributed by atoms with Gasteiger partial charge in [0.15, 0.2) is 5.60 Å². The van der Waals surface area contributed by atoms with Gasteiger partial charge in [-0.15, -0.1) is 0 Å². The number of carbonyl (C=O) groups is 2. The molecule has 4 rings (SSSR count). The first-order valence-corrected chi connectivity index (χ1v) is 11.4. The molecule has 2 saturated heterocycles. The van der Waals surface area contributed by atoms with Crippen molar-refractivity contribution in [2.75, 3.05) is 26.2 Å². The zero-order chi connectivity index (χ0) is 24.3. The third-order valence-corrected chi connectivity index (χ3v) is 6.80. The molecule has 0 aromatic heterocycles. The number of ether oxygens (including phenoxy) is 2. The summed E-state index contributed by atoms with van der Waals surface area (Å²) in [4.78, 5) is 29.6. The van der Waals surface area contributed by atoms with E-state index in [0.717, 1.165) is 12.1 Å². The van der Waals surface area contributed by atoms with Crippen molar-refractivity contribution in [1.29, 1.82) is 0 Å². The van der Waals surface area contributed by atoms with E-state index in [4.69, 9.17) is 21.1 Å². The number of rotatable bonds is 1. The molecular formula is C23H28ClF3N2O4. The zero-order valence-corrected chi connectivity index (χ0v) is 19.8. The van der Waals surface area contributed by atoms with Crippen molar-refractivity contribution in [3.8, 4) is 0 Å². The van der Waals surface area contributed by atoms with Gasteiger partial charge in [-0.25, -0.2) is 4.79 Å². The lowest BCUT2D eigenvalue weighted by Gasteiger charge is -2.44. The fraction of sp³-hybridized carbons (Fsp3) is 0.652. The summed E-state index contributed by atoms with van der Waals surface area (Å²) in [7, 11) is 0. The van der Waals surface area contributed by atoms with Gasteiger partial charge in [0.05, 0.1) is 24.8 Å². The second-order valence-electron chi connectivity index (χ2n) is 10.2. The summed E-state index contributed by atoms with van der Waals surface area (Å²) < 4.78 is 51.1. The van der Waals surface area contributed by atoms with Gasteiger partial charge >= 0.3 is 12.3 Å². The number of amides is 2. The Balaban J connectivity index is 1.58. The van der Waals surface area contributed by atoms with Gasteiger partial charge in [0.25, 0.3) is 5.91 Å². The van der Waals surface area contributed by atoms with Crippen molar-refractivity contribution in [2.24, 2.45) is 5.92 Å². The second kappa shape index (κ2) is 8.05. The van der Waals surface area contributed by atoms with Gasteiger partial charge in [-0.1, -0.05) is 11.6 Å². The van der Waals surface area contributed by atoms with Crippen LogP contribution in [-0.2, 0) is 26.9 Å². The van der Waals surface area contributed by atoms with E-state index in [2.05, 4.69) is 0 Å². The minimum atomic E-state index is -4.49. The van der Waals surface area contributed by atoms with Gasteiger partial charge in [-0.05, 0) is 63.8 Å². The van der Waals surface area contributed by atoms with Crippen molar-refractivity contribution < 1.29 is 32.2 Å². The third kappa shape index (κ3) is 4.54. The van der Waals surface area contributed by atoms with Crippen LogP contribution in [0.25, 0.3) is 0 Å². The maximum Gasteiger partial charge on any atom is 0.416 e. The first-order chi connectivity index (χ1) is 15.2. The highest BCUT2D eigenvalue weighted by atomic mass is 35.5. The molecule has 0 spiro atoms. The Bertz CT molecular complexity index is 978. The minimum Gasteiger partial charge on any atom is -0.444 e. The highest BCUT2D eigenvalue weighted by Crippen LogP contribution is 2.43. The molecular weight excluding hydrogens is 461 g/mol. The van der Waals surface area contributed by atoms with E-state index < -0.39 is 35.1 Å². The highest BCUT2D eigenvalue weighted by molar-refractivity contribution is 6.31. The monoisotopic (exact) mass is 488 g/mol. The number of hydrogen-bond donors (Lipinski definition) is 0. The number of fused-ring (bicyclic) bond motifs is 3. The van der Waals surface area contributed by atoms with E-state index in [9.17, 15) is 22.8 Å². The van der Waals surface area contributed by atoms with E-state index in [0.29, 0.717) is 30.7 Å². The SMILES string of the molecule is C[C@H]1c2c(Cl)cc(C(F)(F)F)cc2CCN1C(=O)[C@@]12C[C@H](CO1)CN(C(=O)OC(C)(C)C)C2. The summed E-state index contributed by atoms with van der Waals surface area (Å²) in [6.45, 7) is 8.23. The van der Waals surface area contributed by atoms with Crippen LogP contribution in [0.3, 0.4) is 0 Å². The van der Waals surface area contributed by atoms with Crippen LogP contribution in [0.15, 0.2) is 12.1 Å². The van der Waals surface area contributed by atoms with Crippen LogP contribution in [0, 0.1) is 5.92 Å². The van der Waals surface area contributed by atoms with Crippen LogP contribution in [0.2, 0.25) is 5.02 Å². The maximum atomic E-state index is 13.7. The molecule has 1 aromatic carbocycles. The molecule has 3 aliphatic heterocycles. The topological polar surface area (TPSA) is 59.1 Å². The fourth-order valence-corrected chi connectivity index (χ4v) is 5.50. The van der Waals surface area contributed by atoms with Gasteiger partial charge in [0.2, 0.25) is 0 Å². The van der Waals surface area contributed by atoms with Gasteiger partial charge in [0, 0.05) is 24.0 Å². The summed E-state index contributed by atoms with van der Waals surface area (Å²) in [5.74, 6) is -0.257. The predicted molar refractivity (Wildman–Crippen MR) is 115 cm³/mol. The summed E-state index contributed by atoms with van der Waals surface area (Å²) in [5.41, 5.74) is -1.63. The lowest BCUT2D eigenvalue weighted by molar-refractivity contribution is -0.158. The Kier molecular flexibility index (Phi) is 5.88. The largest absolute Gasteiger partial charge is 0.444 e. The Morgan fingerprint density at radius 3 is 2.58 bits per heavy atom. The fourth-order valence-electron chi connectivity index (χ4n) is 5.10. The predicted octanol–water partition coefficient (Wildman–Crippen LogP) is 4.83. The standard InChI is InChI=1S/C23H28ClF3N2O4/c1-13-18-15(7-16(8-17(18)24)23(25,26)27)5-6-29(13)19(30)22-9-14(11-32-22)10-28(12-22)20(31)33-21(2,3)4/h7-8,13-14H,5-6,9-12H2,1-4H3/t13-,14-,22-/m0/s1. The molecule has 0 unspecified atom stereocenters. The Hall–Kier alpha value is -2.00. The summed E-state index contributed by atoms with van der Waals surface area (Å²) >= 11 is 6.27. The van der Waals surface area contributed by atoms with Crippen LogP contribution in [0.5, 0.6) is 0 Å². The number of nitrogens with zero attached hydrogens (tertiary/aromatic N) is 2. The molecule has 1 aromatic rings. The Labute approximate surface area is 195 Å². The third-order valence-electron chi connectivity index (χ3n) is 6.49. The number of carbonyl (C=O) groups excluding carboxylic acids is 2. The second-order valence-corrected chi connectivity index (χ2v) is 10.6. The van der Waals surface area contributed by atoms with Crippen LogP contribution in [0.1, 0.15) is 56.8 Å². The molecule has 2 fully saturated rings. The number of piperidine rings is 1. The molecule has 33 heavy (non-hydrogen) atoms. The Morgan fingerprint density at radius 2 is 1.94 bits per heavy atom. The van der Waals surface area contributed by atoms with E-state index in [1.54, 1.807) is 32.6 Å². The molecule has 10 heteroatoms. The molecule has 2 amide bonds. The van der Waals surface area contributed by atoms with Crippen molar-refractivity contribution in [2.45, 2.75) is 64.0 Å². The van der Waals surface area contributed by atoms with Crippen LogP contribution < -0.4 is 0 Å². The smallest absolute Gasteiger partial charge is 0.416 e. The van der Waals surface area contributed by atoms with E-state index in [-0.39, 0.29) is 36.4 Å². The normalized spacial score (nSPS) is 27.4. The van der Waals surface area contributed by atoms with Gasteiger partial charge in [-0.3, -0.25) is 4.79 Å². The Morgan fingerprint density at radius 1 is 1.24 bits per heavy atom. The maximum absolute atomic E-state index is 13.7. The van der Waals surface area contributed by atoms with Crippen LogP contribution >= 0.6 is 11.6 Å². The van der Waals surface area contributed by atoms with Crippen molar-refractivity contribution in [3.63, 3.8) is 0 Å². The molecule has 0 N–H and O–H groups in total. The highest BCUT2D eigenvalue weighted by Gasteiger charge is 2.55. The van der Waals surface area contributed by atoms with Gasteiger partial charge < -0.3 is 19.3 Å². The molecule has 182 valence electrons. The number of alkyl halides is 3. The molecule has 3 atom stereocenters. The number of hydrogen-bond acceptors (Lipinski definition) is 4. The van der Waals surface area contributed by atoms with Crippen molar-refractivity contribution in [3.05, 3.63) is 33.8 Å². The molecule has 3 aliphatic rings. The molecule has 3 heterocycles. The lowest BCUT2D eigenvalue weighted by atomic mass is 9.85. The molecule has 2 bridgehead atoms. The zero-order valence-electron chi connectivity index (χ0n) is 19.1. The first-order valence-electron chi connectivity index (χ1n) is 11.0. The van der Waals surface area contributed by atoms with Crippen molar-refractivity contribution >= 4 is 23.6 Å². The first kappa shape index (κ1) is 24.1. The minimum absolute atomic E-state index is 0.00781. The summed E-state index contributed by atoms with van der Waals surface area (Å²) in [6, 6.07) is 1.51. The summed E-state index contributed by atoms with van der Waals surface area (Å²) in [6.07, 6.45) is -4.24. The number of halogens is 4. The molecule has 0 saturated carbocycles. The lowest BCUT2D eigenvalue weighted by Crippen LogP contribution is -2.60. The average Bonchev–Trinajstić information content (AvgIpc) is 3.00. The van der Waals surface area contributed by atoms with E-state index >= 15 is 0 Å². The van der Waals surface area contributed by atoms with Crippen molar-refractivity contribution in [1.82, 2.24) is 9.80 Å². The van der Waals surface area contributed by atoms with Crippen LogP contribution in [-0.4, -0.2) is 59.2 Å². The average molecular weight is 489 g/mol. The molecule has 0 aliphatic carbocycles. The van der Waals surface area contributed by atoms with Gasteiger partial charge in [-0.2, -0.15) is 13.2 Å². The van der Waals surface area contributed by atoms with E-state index in [1.165, 1.54) is 4.90 Å². The number of benzene rings is 1. The molecule has 0 radical (unpaired) electrons. The summed E-state index contributed by atoms with van der Waals surface area (Å²) in [5, 5.41) is -0.00781. The van der Waals surface area contributed by atoms with Gasteiger partial charge in [0.1, 0.15) is 5.60 Å².